The minimum atomic E-state index is -0.629. The lowest BCUT2D eigenvalue weighted by Gasteiger charge is -2.26. The van der Waals surface area contributed by atoms with Crippen LogP contribution in [-0.2, 0) is 4.79 Å². The monoisotopic (exact) mass is 481 g/mol. The van der Waals surface area contributed by atoms with E-state index < -0.39 is 10.8 Å². The summed E-state index contributed by atoms with van der Waals surface area (Å²) in [4.78, 5) is 37.7. The van der Waals surface area contributed by atoms with Crippen molar-refractivity contribution < 1.29 is 14.5 Å². The molecule has 1 fully saturated rings. The van der Waals surface area contributed by atoms with Gasteiger partial charge in [0.05, 0.1) is 10.7 Å². The van der Waals surface area contributed by atoms with E-state index in [1.165, 1.54) is 23.9 Å². The Morgan fingerprint density at radius 2 is 1.94 bits per heavy atom. The molecule has 33 heavy (non-hydrogen) atoms. The third-order valence-electron chi connectivity index (χ3n) is 5.31. The van der Waals surface area contributed by atoms with E-state index in [-0.39, 0.29) is 27.6 Å². The number of aryl methyl sites for hydroxylation is 2. The van der Waals surface area contributed by atoms with Gasteiger partial charge in [0.25, 0.3) is 11.6 Å². The summed E-state index contributed by atoms with van der Waals surface area (Å²) in [6.07, 6.45) is 0. The lowest BCUT2D eigenvalue weighted by Crippen LogP contribution is -2.28. The molecule has 2 amide bonds. The third kappa shape index (κ3) is 4.72. The van der Waals surface area contributed by atoms with Gasteiger partial charge in [0.1, 0.15) is 10.4 Å². The van der Waals surface area contributed by atoms with Gasteiger partial charge >= 0.3 is 0 Å². The van der Waals surface area contributed by atoms with Crippen molar-refractivity contribution in [3.8, 4) is 0 Å². The van der Waals surface area contributed by atoms with Gasteiger partial charge in [-0.25, -0.2) is 0 Å². The Morgan fingerprint density at radius 1 is 1.15 bits per heavy atom. The lowest BCUT2D eigenvalue weighted by atomic mass is 10.1. The van der Waals surface area contributed by atoms with Crippen LogP contribution in [0.3, 0.4) is 0 Å². The van der Waals surface area contributed by atoms with E-state index in [0.29, 0.717) is 11.4 Å². The second-order valence-corrected chi connectivity index (χ2v) is 9.20. The molecule has 1 atom stereocenters. The number of thioether (sulfide) groups is 1. The molecule has 0 bridgehead atoms. The normalized spacial score (nSPS) is 15.5. The number of halogens is 1. The number of benzene rings is 3. The molecular weight excluding hydrogens is 462 g/mol. The molecule has 1 aliphatic heterocycles. The van der Waals surface area contributed by atoms with Crippen LogP contribution >= 0.6 is 23.4 Å². The Morgan fingerprint density at radius 3 is 2.67 bits per heavy atom. The number of rotatable bonds is 5. The van der Waals surface area contributed by atoms with E-state index in [1.807, 2.05) is 44.2 Å². The van der Waals surface area contributed by atoms with E-state index in [0.717, 1.165) is 28.4 Å². The number of carbonyl (C=O) groups is 2. The van der Waals surface area contributed by atoms with Gasteiger partial charge in [-0.05, 0) is 55.3 Å². The number of nitro benzene ring substituents is 1. The largest absolute Gasteiger partial charge is 0.322 e. The van der Waals surface area contributed by atoms with Crippen LogP contribution < -0.4 is 10.2 Å². The standard InChI is InChI=1S/C24H20ClN3O4S/c1-14-6-9-20(15(2)10-14)27-22(29)13-33-24(27)17-4-3-5-18(11-17)26-23(30)16-7-8-19(25)21(12-16)28(31)32/h3-12,24H,13H2,1-2H3,(H,26,30)/t24-/m1/s1. The zero-order valence-corrected chi connectivity index (χ0v) is 19.4. The summed E-state index contributed by atoms with van der Waals surface area (Å²) in [5, 5.41) is 13.6. The van der Waals surface area contributed by atoms with Crippen molar-refractivity contribution in [3.05, 3.63) is 98.1 Å². The van der Waals surface area contributed by atoms with Crippen LogP contribution in [0.15, 0.2) is 60.7 Å². The topological polar surface area (TPSA) is 92.6 Å². The quantitative estimate of drug-likeness (QED) is 0.362. The summed E-state index contributed by atoms with van der Waals surface area (Å²) < 4.78 is 0. The van der Waals surface area contributed by atoms with Crippen LogP contribution in [0, 0.1) is 24.0 Å². The van der Waals surface area contributed by atoms with Gasteiger partial charge in [-0.15, -0.1) is 11.8 Å². The highest BCUT2D eigenvalue weighted by molar-refractivity contribution is 8.00. The SMILES string of the molecule is Cc1ccc(N2C(=O)CS[C@@H]2c2cccc(NC(=O)c3ccc(Cl)c([N+](=O)[O-])c3)c2)c(C)c1. The molecule has 3 aromatic carbocycles. The van der Waals surface area contributed by atoms with Crippen molar-refractivity contribution in [3.63, 3.8) is 0 Å². The Labute approximate surface area is 199 Å². The maximum Gasteiger partial charge on any atom is 0.288 e. The summed E-state index contributed by atoms with van der Waals surface area (Å²) in [7, 11) is 0. The highest BCUT2D eigenvalue weighted by Gasteiger charge is 2.35. The fourth-order valence-corrected chi connectivity index (χ4v) is 5.12. The molecule has 1 heterocycles. The Kier molecular flexibility index (Phi) is 6.40. The van der Waals surface area contributed by atoms with E-state index in [9.17, 15) is 19.7 Å². The van der Waals surface area contributed by atoms with Gasteiger partial charge in [-0.3, -0.25) is 24.6 Å². The molecule has 9 heteroatoms. The first-order valence-corrected chi connectivity index (χ1v) is 11.5. The molecule has 0 aromatic heterocycles. The average molecular weight is 482 g/mol. The summed E-state index contributed by atoms with van der Waals surface area (Å²) in [6.45, 7) is 3.99. The van der Waals surface area contributed by atoms with Crippen molar-refractivity contribution in [2.45, 2.75) is 19.2 Å². The third-order valence-corrected chi connectivity index (χ3v) is 6.85. The predicted octanol–water partition coefficient (Wildman–Crippen LogP) is 5.90. The molecule has 0 unspecified atom stereocenters. The number of nitrogens with zero attached hydrogens (tertiary/aromatic N) is 2. The first-order valence-electron chi connectivity index (χ1n) is 10.1. The van der Waals surface area contributed by atoms with E-state index in [1.54, 1.807) is 17.0 Å². The number of carbonyl (C=O) groups excluding carboxylic acids is 2. The van der Waals surface area contributed by atoms with Crippen LogP contribution in [0.2, 0.25) is 5.02 Å². The van der Waals surface area contributed by atoms with Crippen molar-refractivity contribution in [2.75, 3.05) is 16.0 Å². The van der Waals surface area contributed by atoms with Crippen molar-refractivity contribution in [1.29, 1.82) is 0 Å². The Bertz CT molecular complexity index is 1280. The average Bonchev–Trinajstić information content (AvgIpc) is 3.15. The van der Waals surface area contributed by atoms with E-state index >= 15 is 0 Å². The molecule has 3 aromatic rings. The predicted molar refractivity (Wildman–Crippen MR) is 131 cm³/mol. The Hall–Kier alpha value is -3.36. The maximum absolute atomic E-state index is 12.7. The second kappa shape index (κ2) is 9.25. The molecule has 0 spiro atoms. The molecule has 0 radical (unpaired) electrons. The zero-order chi connectivity index (χ0) is 23.7. The van der Waals surface area contributed by atoms with Crippen LogP contribution in [0.4, 0.5) is 17.1 Å². The molecule has 7 nitrogen and oxygen atoms in total. The smallest absolute Gasteiger partial charge is 0.288 e. The number of amides is 2. The van der Waals surface area contributed by atoms with Crippen molar-refractivity contribution in [1.82, 2.24) is 0 Å². The highest BCUT2D eigenvalue weighted by atomic mass is 35.5. The summed E-state index contributed by atoms with van der Waals surface area (Å²) in [5.74, 6) is -0.101. The number of nitro groups is 1. The van der Waals surface area contributed by atoms with Crippen LogP contribution in [-0.4, -0.2) is 22.5 Å². The van der Waals surface area contributed by atoms with Gasteiger partial charge in [0, 0.05) is 23.0 Å². The van der Waals surface area contributed by atoms with Gasteiger partial charge in [0.2, 0.25) is 5.91 Å². The number of nitrogens with one attached hydrogen (secondary N) is 1. The lowest BCUT2D eigenvalue weighted by molar-refractivity contribution is -0.384. The maximum atomic E-state index is 12.7. The molecule has 0 aliphatic carbocycles. The minimum Gasteiger partial charge on any atom is -0.322 e. The van der Waals surface area contributed by atoms with Crippen molar-refractivity contribution >= 4 is 52.2 Å². The fourth-order valence-electron chi connectivity index (χ4n) is 3.77. The zero-order valence-electron chi connectivity index (χ0n) is 17.9. The van der Waals surface area contributed by atoms with Crippen LogP contribution in [0.1, 0.15) is 32.4 Å². The van der Waals surface area contributed by atoms with E-state index in [4.69, 9.17) is 11.6 Å². The molecule has 1 saturated heterocycles. The molecule has 0 saturated carbocycles. The summed E-state index contributed by atoms with van der Waals surface area (Å²) in [6, 6.07) is 17.2. The van der Waals surface area contributed by atoms with Gasteiger partial charge in [-0.1, -0.05) is 41.4 Å². The molecule has 168 valence electrons. The van der Waals surface area contributed by atoms with Crippen LogP contribution in [0.25, 0.3) is 0 Å². The van der Waals surface area contributed by atoms with Crippen molar-refractivity contribution in [2.24, 2.45) is 0 Å². The molecular formula is C24H20ClN3O4S. The Balaban J connectivity index is 1.60. The van der Waals surface area contributed by atoms with Crippen LogP contribution in [0.5, 0.6) is 0 Å². The number of anilines is 2. The molecule has 1 N–H and O–H groups in total. The number of hydrogen-bond acceptors (Lipinski definition) is 5. The first kappa shape index (κ1) is 22.8. The first-order chi connectivity index (χ1) is 15.7. The fraction of sp³-hybridized carbons (Fsp3) is 0.167. The highest BCUT2D eigenvalue weighted by Crippen LogP contribution is 2.43. The molecule has 1 aliphatic rings. The summed E-state index contributed by atoms with van der Waals surface area (Å²) in [5.41, 5.74) is 4.19. The van der Waals surface area contributed by atoms with E-state index in [2.05, 4.69) is 5.32 Å². The van der Waals surface area contributed by atoms with Gasteiger partial charge < -0.3 is 5.32 Å². The summed E-state index contributed by atoms with van der Waals surface area (Å²) >= 11 is 7.36. The number of hydrogen-bond donors (Lipinski definition) is 1. The second-order valence-electron chi connectivity index (χ2n) is 7.72. The van der Waals surface area contributed by atoms with Gasteiger partial charge in [-0.2, -0.15) is 0 Å². The minimum absolute atomic E-state index is 0.0277. The molecule has 4 rings (SSSR count). The van der Waals surface area contributed by atoms with Gasteiger partial charge in [0.15, 0.2) is 0 Å².